The Labute approximate surface area is 172 Å². The quantitative estimate of drug-likeness (QED) is 0.481. The van der Waals surface area contributed by atoms with Crippen LogP contribution in [0.2, 0.25) is 5.02 Å². The molecule has 29 heavy (non-hydrogen) atoms. The highest BCUT2D eigenvalue weighted by molar-refractivity contribution is 6.30. The van der Waals surface area contributed by atoms with Crippen LogP contribution < -0.4 is 5.32 Å². The van der Waals surface area contributed by atoms with Gasteiger partial charge >= 0.3 is 5.97 Å². The van der Waals surface area contributed by atoms with Crippen LogP contribution in [-0.2, 0) is 11.2 Å². The fraction of sp³-hybridized carbons (Fsp3) is 0.0870. The van der Waals surface area contributed by atoms with Crippen LogP contribution in [0.25, 0.3) is 21.8 Å². The number of carbonyl (C=O) groups excluding carboxylic acids is 1. The summed E-state index contributed by atoms with van der Waals surface area (Å²) in [6, 6.07) is 20.5. The van der Waals surface area contributed by atoms with E-state index in [1.54, 1.807) is 24.3 Å². The molecular weight excluding hydrogens is 388 g/mol. The zero-order valence-corrected chi connectivity index (χ0v) is 16.1. The van der Waals surface area contributed by atoms with Crippen LogP contribution in [0, 0.1) is 0 Å². The van der Waals surface area contributed by atoms with Gasteiger partial charge in [0.15, 0.2) is 0 Å². The molecule has 0 spiro atoms. The van der Waals surface area contributed by atoms with E-state index in [1.807, 2.05) is 48.5 Å². The number of pyridine rings is 1. The second-order valence-electron chi connectivity index (χ2n) is 6.72. The SMILES string of the molecule is O=C(N[C@@H](Cc1cccc(Cl)c1)C(=O)O)c1c2ccccc2nc2ccccc12. The summed E-state index contributed by atoms with van der Waals surface area (Å²) in [6.07, 6.45) is 0.128. The predicted molar refractivity (Wildman–Crippen MR) is 113 cm³/mol. The van der Waals surface area contributed by atoms with Gasteiger partial charge in [-0.1, -0.05) is 60.1 Å². The number of halogens is 1. The highest BCUT2D eigenvalue weighted by atomic mass is 35.5. The van der Waals surface area contributed by atoms with Gasteiger partial charge in [0.05, 0.1) is 16.6 Å². The van der Waals surface area contributed by atoms with Gasteiger partial charge < -0.3 is 10.4 Å². The summed E-state index contributed by atoms with van der Waals surface area (Å²) in [5, 5.41) is 14.2. The lowest BCUT2D eigenvalue weighted by atomic mass is 10.0. The molecule has 1 atom stereocenters. The first kappa shape index (κ1) is 18.9. The van der Waals surface area contributed by atoms with E-state index in [4.69, 9.17) is 11.6 Å². The van der Waals surface area contributed by atoms with Crippen molar-refractivity contribution < 1.29 is 14.7 Å². The average Bonchev–Trinajstić information content (AvgIpc) is 2.71. The van der Waals surface area contributed by atoms with Gasteiger partial charge in [0, 0.05) is 22.2 Å². The van der Waals surface area contributed by atoms with Crippen molar-refractivity contribution in [2.45, 2.75) is 12.5 Å². The van der Waals surface area contributed by atoms with E-state index in [-0.39, 0.29) is 6.42 Å². The van der Waals surface area contributed by atoms with Crippen molar-refractivity contribution in [1.29, 1.82) is 0 Å². The lowest BCUT2D eigenvalue weighted by Crippen LogP contribution is -2.42. The molecule has 4 aromatic rings. The smallest absolute Gasteiger partial charge is 0.326 e. The summed E-state index contributed by atoms with van der Waals surface area (Å²) in [5.41, 5.74) is 2.51. The van der Waals surface area contributed by atoms with Gasteiger partial charge in [-0.05, 0) is 29.8 Å². The summed E-state index contributed by atoms with van der Waals surface area (Å²) in [6.45, 7) is 0. The molecule has 0 fully saturated rings. The lowest BCUT2D eigenvalue weighted by Gasteiger charge is -2.17. The van der Waals surface area contributed by atoms with Crippen LogP contribution in [-0.4, -0.2) is 28.0 Å². The molecule has 5 nitrogen and oxygen atoms in total. The number of nitrogens with one attached hydrogen (secondary N) is 1. The Morgan fingerprint density at radius 1 is 0.931 bits per heavy atom. The molecule has 0 bridgehead atoms. The standard InChI is InChI=1S/C23H17ClN2O3/c24-15-7-5-6-14(12-15)13-20(23(28)29)26-22(27)21-16-8-1-3-10-18(16)25-19-11-4-2-9-17(19)21/h1-12,20H,13H2,(H,26,27)(H,28,29)/t20-/m0/s1. The summed E-state index contributed by atoms with van der Waals surface area (Å²) >= 11 is 6.00. The minimum Gasteiger partial charge on any atom is -0.480 e. The van der Waals surface area contributed by atoms with Crippen molar-refractivity contribution in [3.05, 3.63) is 88.9 Å². The molecule has 0 radical (unpaired) electrons. The monoisotopic (exact) mass is 404 g/mol. The van der Waals surface area contributed by atoms with Gasteiger partial charge in [-0.3, -0.25) is 4.79 Å². The molecule has 1 aromatic heterocycles. The molecule has 2 N–H and O–H groups in total. The summed E-state index contributed by atoms with van der Waals surface area (Å²) in [4.78, 5) is 29.6. The van der Waals surface area contributed by atoms with E-state index in [0.29, 0.717) is 32.4 Å². The number of rotatable bonds is 5. The molecule has 4 rings (SSSR count). The highest BCUT2D eigenvalue weighted by Crippen LogP contribution is 2.26. The van der Waals surface area contributed by atoms with Crippen molar-refractivity contribution in [3.63, 3.8) is 0 Å². The maximum Gasteiger partial charge on any atom is 0.326 e. The van der Waals surface area contributed by atoms with Crippen molar-refractivity contribution >= 4 is 45.3 Å². The zero-order chi connectivity index (χ0) is 20.4. The Morgan fingerprint density at radius 2 is 1.55 bits per heavy atom. The summed E-state index contributed by atoms with van der Waals surface area (Å²) < 4.78 is 0. The summed E-state index contributed by atoms with van der Waals surface area (Å²) in [5.74, 6) is -1.56. The normalized spacial score (nSPS) is 12.0. The first-order valence-corrected chi connectivity index (χ1v) is 9.46. The molecule has 0 aliphatic heterocycles. The Hall–Kier alpha value is -3.44. The minimum atomic E-state index is -1.11. The first-order chi connectivity index (χ1) is 14.0. The maximum absolute atomic E-state index is 13.2. The van der Waals surface area contributed by atoms with Crippen LogP contribution in [0.5, 0.6) is 0 Å². The second kappa shape index (κ2) is 7.89. The number of carboxylic acid groups (broad SMARTS) is 1. The minimum absolute atomic E-state index is 0.128. The Bertz CT molecular complexity index is 1190. The number of carbonyl (C=O) groups is 2. The number of amides is 1. The third-order valence-electron chi connectivity index (χ3n) is 4.75. The van der Waals surface area contributed by atoms with Gasteiger partial charge in [0.1, 0.15) is 6.04 Å². The molecule has 6 heteroatoms. The average molecular weight is 405 g/mol. The van der Waals surface area contributed by atoms with Crippen LogP contribution in [0.15, 0.2) is 72.8 Å². The number of aliphatic carboxylic acids is 1. The molecule has 0 aliphatic carbocycles. The number of hydrogen-bond donors (Lipinski definition) is 2. The van der Waals surface area contributed by atoms with Gasteiger partial charge in [0.2, 0.25) is 0 Å². The molecule has 1 amide bonds. The van der Waals surface area contributed by atoms with Gasteiger partial charge in [-0.15, -0.1) is 0 Å². The largest absolute Gasteiger partial charge is 0.480 e. The van der Waals surface area contributed by atoms with E-state index < -0.39 is 17.9 Å². The number of aromatic nitrogens is 1. The fourth-order valence-corrected chi connectivity index (χ4v) is 3.63. The van der Waals surface area contributed by atoms with Crippen molar-refractivity contribution in [1.82, 2.24) is 10.3 Å². The van der Waals surface area contributed by atoms with Crippen LogP contribution in [0.4, 0.5) is 0 Å². The maximum atomic E-state index is 13.2. The Morgan fingerprint density at radius 3 is 2.14 bits per heavy atom. The number of fused-ring (bicyclic) bond motifs is 2. The Kier molecular flexibility index (Phi) is 5.14. The number of benzene rings is 3. The van der Waals surface area contributed by atoms with E-state index in [2.05, 4.69) is 10.3 Å². The fourth-order valence-electron chi connectivity index (χ4n) is 3.41. The molecule has 3 aromatic carbocycles. The molecule has 0 saturated heterocycles. The van der Waals surface area contributed by atoms with E-state index in [0.717, 1.165) is 5.56 Å². The van der Waals surface area contributed by atoms with Gasteiger partial charge in [-0.2, -0.15) is 0 Å². The molecule has 0 saturated carbocycles. The van der Waals surface area contributed by atoms with Crippen LogP contribution in [0.1, 0.15) is 15.9 Å². The number of nitrogens with zero attached hydrogens (tertiary/aromatic N) is 1. The number of carboxylic acids is 1. The highest BCUT2D eigenvalue weighted by Gasteiger charge is 2.24. The first-order valence-electron chi connectivity index (χ1n) is 9.08. The molecule has 0 aliphatic rings. The van der Waals surface area contributed by atoms with Crippen LogP contribution >= 0.6 is 11.6 Å². The third-order valence-corrected chi connectivity index (χ3v) is 4.98. The topological polar surface area (TPSA) is 79.3 Å². The zero-order valence-electron chi connectivity index (χ0n) is 15.3. The van der Waals surface area contributed by atoms with E-state index in [9.17, 15) is 14.7 Å². The number of hydrogen-bond acceptors (Lipinski definition) is 3. The molecule has 144 valence electrons. The number of para-hydroxylation sites is 2. The van der Waals surface area contributed by atoms with Crippen molar-refractivity contribution in [2.24, 2.45) is 0 Å². The van der Waals surface area contributed by atoms with Gasteiger partial charge in [-0.25, -0.2) is 9.78 Å². The van der Waals surface area contributed by atoms with Crippen molar-refractivity contribution in [2.75, 3.05) is 0 Å². The lowest BCUT2D eigenvalue weighted by molar-refractivity contribution is -0.139. The molecular formula is C23H17ClN2O3. The van der Waals surface area contributed by atoms with E-state index in [1.165, 1.54) is 0 Å². The van der Waals surface area contributed by atoms with Gasteiger partial charge in [0.25, 0.3) is 5.91 Å². The second-order valence-corrected chi connectivity index (χ2v) is 7.16. The molecule has 0 unspecified atom stereocenters. The predicted octanol–water partition coefficient (Wildman–Crippen LogP) is 4.47. The van der Waals surface area contributed by atoms with Crippen molar-refractivity contribution in [3.8, 4) is 0 Å². The molecule has 1 heterocycles. The Balaban J connectivity index is 1.74. The van der Waals surface area contributed by atoms with Crippen LogP contribution in [0.3, 0.4) is 0 Å². The van der Waals surface area contributed by atoms with E-state index >= 15 is 0 Å². The third kappa shape index (κ3) is 3.91. The summed E-state index contributed by atoms with van der Waals surface area (Å²) in [7, 11) is 0.